The van der Waals surface area contributed by atoms with Crippen LogP contribution in [0.15, 0.2) is 37.6 Å². The first-order chi connectivity index (χ1) is 16.8. The molecule has 0 bridgehead atoms. The Morgan fingerprint density at radius 1 is 1.37 bits per heavy atom. The van der Waals surface area contributed by atoms with Crippen LogP contribution in [0.5, 0.6) is 0 Å². The molecule has 1 amide bonds. The zero-order valence-corrected chi connectivity index (χ0v) is 21.2. The number of nitrogens with two attached hydrogens (primary N) is 2. The molecule has 0 spiro atoms. The van der Waals surface area contributed by atoms with Gasteiger partial charge in [-0.05, 0) is 18.6 Å². The smallest absolute Gasteiger partial charge is 0.219 e. The van der Waals surface area contributed by atoms with E-state index in [1.807, 2.05) is 18.5 Å². The molecular formula is C25H38FN7O2. The fraction of sp³-hybridized carbons (Fsp3) is 0.440. The first kappa shape index (κ1) is 27.9. The molecule has 5 N–H and O–H groups in total. The number of fused-ring (bicyclic) bond motifs is 1. The maximum Gasteiger partial charge on any atom is 0.219 e. The number of anilines is 2. The van der Waals surface area contributed by atoms with Crippen LogP contribution in [0, 0.1) is 5.82 Å². The minimum absolute atomic E-state index is 0.0104. The van der Waals surface area contributed by atoms with Gasteiger partial charge in [0.2, 0.25) is 5.91 Å². The molecule has 9 nitrogen and oxygen atoms in total. The molecule has 1 aromatic carbocycles. The first-order valence-electron chi connectivity index (χ1n) is 11.8. The topological polar surface area (TPSA) is 115 Å². The SMILES string of the molecule is C=C.CC.CC(=O)N1CCc2c(c(Nc3ccc(/C(N)=C/N(C)N)cc3F)nn2C2CCOC2)C1. The Kier molecular flexibility index (Phi) is 10.3. The minimum atomic E-state index is -0.458. The summed E-state index contributed by atoms with van der Waals surface area (Å²) in [6.45, 7) is 13.9. The number of carbonyl (C=O) groups excluding carboxylic acids is 1. The molecule has 2 aromatic rings. The zero-order valence-electron chi connectivity index (χ0n) is 21.2. The molecule has 4 rings (SSSR count). The number of hydrogen-bond donors (Lipinski definition) is 3. The highest BCUT2D eigenvalue weighted by molar-refractivity contribution is 5.74. The summed E-state index contributed by atoms with van der Waals surface area (Å²) < 4.78 is 22.4. The molecule has 1 fully saturated rings. The van der Waals surface area contributed by atoms with Gasteiger partial charge < -0.3 is 25.7 Å². The van der Waals surface area contributed by atoms with Gasteiger partial charge in [0.05, 0.1) is 30.6 Å². The van der Waals surface area contributed by atoms with E-state index in [0.29, 0.717) is 49.8 Å². The highest BCUT2D eigenvalue weighted by Gasteiger charge is 2.30. The van der Waals surface area contributed by atoms with E-state index in [2.05, 4.69) is 18.5 Å². The lowest BCUT2D eigenvalue weighted by atomic mass is 10.1. The molecule has 2 aliphatic heterocycles. The first-order valence-corrected chi connectivity index (χ1v) is 11.8. The van der Waals surface area contributed by atoms with Crippen molar-refractivity contribution >= 4 is 23.1 Å². The number of nitrogens with zero attached hydrogens (tertiary/aromatic N) is 4. The maximum absolute atomic E-state index is 14.9. The molecule has 0 saturated carbocycles. The Balaban J connectivity index is 0.00000103. The second kappa shape index (κ2) is 12.9. The van der Waals surface area contributed by atoms with Crippen molar-refractivity contribution in [2.45, 2.75) is 46.2 Å². The Hall–Kier alpha value is -3.37. The summed E-state index contributed by atoms with van der Waals surface area (Å²) in [6, 6.07) is 4.85. The third-order valence-corrected chi connectivity index (χ3v) is 5.68. The lowest BCUT2D eigenvalue weighted by molar-refractivity contribution is -0.129. The summed E-state index contributed by atoms with van der Waals surface area (Å²) in [5.41, 5.74) is 9.12. The van der Waals surface area contributed by atoms with Crippen molar-refractivity contribution in [1.29, 1.82) is 0 Å². The number of benzene rings is 1. The van der Waals surface area contributed by atoms with Crippen LogP contribution in [-0.4, -0.2) is 52.4 Å². The van der Waals surface area contributed by atoms with Crippen molar-refractivity contribution in [2.75, 3.05) is 32.1 Å². The average molecular weight is 488 g/mol. The Bertz CT molecular complexity index is 1030. The van der Waals surface area contributed by atoms with Crippen LogP contribution in [0.1, 0.15) is 50.1 Å². The van der Waals surface area contributed by atoms with E-state index in [0.717, 1.165) is 17.7 Å². The predicted octanol–water partition coefficient (Wildman–Crippen LogP) is 3.52. The number of hydrogen-bond acceptors (Lipinski definition) is 7. The molecule has 3 heterocycles. The average Bonchev–Trinajstić information content (AvgIpc) is 3.50. The minimum Gasteiger partial charge on any atom is -0.397 e. The van der Waals surface area contributed by atoms with Crippen molar-refractivity contribution in [3.63, 3.8) is 0 Å². The summed E-state index contributed by atoms with van der Waals surface area (Å²) in [7, 11) is 1.64. The molecule has 1 atom stereocenters. The van der Waals surface area contributed by atoms with Crippen LogP contribution in [-0.2, 0) is 22.5 Å². The van der Waals surface area contributed by atoms with E-state index in [1.165, 1.54) is 17.3 Å². The molecule has 0 radical (unpaired) electrons. The maximum atomic E-state index is 14.9. The second-order valence-electron chi connectivity index (χ2n) is 8.00. The van der Waals surface area contributed by atoms with Crippen molar-refractivity contribution in [2.24, 2.45) is 11.6 Å². The number of halogens is 1. The number of aromatic nitrogens is 2. The molecule has 35 heavy (non-hydrogen) atoms. The standard InChI is InChI=1S/C21H28FN7O2.C2H6.C2H4/c1-13(30)28-7-5-20-16(10-28)21(26-29(20)15-6-8-31-12-15)25-19-4-3-14(9-17(19)22)18(23)11-27(2)24;2*1-2/h3-4,9,11,15H,5-8,10,12,23-24H2,1-2H3,(H,25,26);1-2H3;1-2H2/b18-11-;;. The Morgan fingerprint density at radius 2 is 2.09 bits per heavy atom. The van der Waals surface area contributed by atoms with E-state index in [9.17, 15) is 9.18 Å². The quantitative estimate of drug-likeness (QED) is 0.336. The van der Waals surface area contributed by atoms with Gasteiger partial charge in [-0.25, -0.2) is 10.2 Å². The fourth-order valence-electron chi connectivity index (χ4n) is 4.05. The van der Waals surface area contributed by atoms with E-state index in [1.54, 1.807) is 31.0 Å². The van der Waals surface area contributed by atoms with Crippen LogP contribution >= 0.6 is 0 Å². The molecular weight excluding hydrogens is 449 g/mol. The van der Waals surface area contributed by atoms with Gasteiger partial charge in [0.1, 0.15) is 5.82 Å². The Morgan fingerprint density at radius 3 is 2.66 bits per heavy atom. The van der Waals surface area contributed by atoms with Gasteiger partial charge >= 0.3 is 0 Å². The van der Waals surface area contributed by atoms with Crippen LogP contribution in [0.3, 0.4) is 0 Å². The molecule has 1 unspecified atom stereocenters. The summed E-state index contributed by atoms with van der Waals surface area (Å²) in [5.74, 6) is 5.69. The van der Waals surface area contributed by atoms with Crippen LogP contribution in [0.2, 0.25) is 0 Å². The van der Waals surface area contributed by atoms with Crippen LogP contribution in [0.25, 0.3) is 5.70 Å². The monoisotopic (exact) mass is 487 g/mol. The largest absolute Gasteiger partial charge is 0.397 e. The Labute approximate surface area is 207 Å². The summed E-state index contributed by atoms with van der Waals surface area (Å²) in [5, 5.41) is 9.20. The van der Waals surface area contributed by atoms with E-state index in [-0.39, 0.29) is 17.6 Å². The fourth-order valence-corrected chi connectivity index (χ4v) is 4.05. The molecule has 1 saturated heterocycles. The number of nitrogens with one attached hydrogen (secondary N) is 1. The highest BCUT2D eigenvalue weighted by Crippen LogP contribution is 2.33. The number of rotatable bonds is 5. The predicted molar refractivity (Wildman–Crippen MR) is 138 cm³/mol. The van der Waals surface area contributed by atoms with Crippen LogP contribution in [0.4, 0.5) is 15.9 Å². The molecule has 1 aromatic heterocycles. The van der Waals surface area contributed by atoms with Crippen molar-refractivity contribution in [1.82, 2.24) is 19.7 Å². The molecule has 10 heteroatoms. The van der Waals surface area contributed by atoms with Crippen LogP contribution < -0.4 is 16.9 Å². The number of amides is 1. The third-order valence-electron chi connectivity index (χ3n) is 5.68. The van der Waals surface area contributed by atoms with Gasteiger partial charge in [-0.2, -0.15) is 5.10 Å². The molecule has 0 aliphatic carbocycles. The third kappa shape index (κ3) is 6.61. The number of hydrazine groups is 1. The van der Waals surface area contributed by atoms with Gasteiger partial charge in [0.15, 0.2) is 5.82 Å². The summed E-state index contributed by atoms with van der Waals surface area (Å²) in [6.07, 6.45) is 3.10. The summed E-state index contributed by atoms with van der Waals surface area (Å²) in [4.78, 5) is 13.7. The van der Waals surface area contributed by atoms with E-state index >= 15 is 0 Å². The zero-order chi connectivity index (χ0) is 26.1. The van der Waals surface area contributed by atoms with Crippen molar-refractivity contribution in [3.05, 3.63) is 60.2 Å². The van der Waals surface area contributed by atoms with Gasteiger partial charge in [0.25, 0.3) is 0 Å². The van der Waals surface area contributed by atoms with Crippen molar-refractivity contribution in [3.8, 4) is 0 Å². The normalized spacial score (nSPS) is 16.9. The van der Waals surface area contributed by atoms with Gasteiger partial charge in [-0.3, -0.25) is 9.48 Å². The highest BCUT2D eigenvalue weighted by atomic mass is 19.1. The lowest BCUT2D eigenvalue weighted by Gasteiger charge is -2.27. The van der Waals surface area contributed by atoms with Gasteiger partial charge in [-0.15, -0.1) is 13.2 Å². The number of carbonyl (C=O) groups is 1. The van der Waals surface area contributed by atoms with Gasteiger partial charge in [0, 0.05) is 56.6 Å². The molecule has 192 valence electrons. The summed E-state index contributed by atoms with van der Waals surface area (Å²) >= 11 is 0. The van der Waals surface area contributed by atoms with E-state index < -0.39 is 5.82 Å². The van der Waals surface area contributed by atoms with E-state index in [4.69, 9.17) is 21.4 Å². The van der Waals surface area contributed by atoms with Gasteiger partial charge in [-0.1, -0.05) is 19.9 Å². The van der Waals surface area contributed by atoms with Crippen molar-refractivity contribution < 1.29 is 13.9 Å². The second-order valence-corrected chi connectivity index (χ2v) is 8.00. The lowest BCUT2D eigenvalue weighted by Crippen LogP contribution is -2.35. The number of ether oxygens (including phenoxy) is 1. The molecule has 2 aliphatic rings.